The largest absolute Gasteiger partial charge is 0.377 e. The second-order valence-corrected chi connectivity index (χ2v) is 3.54. The van der Waals surface area contributed by atoms with Gasteiger partial charge >= 0.3 is 0 Å². The fourth-order valence-electron chi connectivity index (χ4n) is 1.01. The third-order valence-electron chi connectivity index (χ3n) is 2.31. The van der Waals surface area contributed by atoms with Crippen molar-refractivity contribution in [2.45, 2.75) is 26.7 Å². The fourth-order valence-corrected chi connectivity index (χ4v) is 1.01. The molecule has 0 heterocycles. The van der Waals surface area contributed by atoms with E-state index in [1.807, 2.05) is 12.2 Å². The molecule has 0 N–H and O–H groups in total. The summed E-state index contributed by atoms with van der Waals surface area (Å²) in [7, 11) is 0. The molecule has 0 aliphatic carbocycles. The van der Waals surface area contributed by atoms with E-state index in [2.05, 4.69) is 27.0 Å². The maximum atomic E-state index is 5.52. The third-order valence-corrected chi connectivity index (χ3v) is 2.31. The van der Waals surface area contributed by atoms with Gasteiger partial charge in [0.1, 0.15) is 0 Å². The van der Waals surface area contributed by atoms with Gasteiger partial charge in [0.05, 0.1) is 6.61 Å². The quantitative estimate of drug-likeness (QED) is 0.422. The summed E-state index contributed by atoms with van der Waals surface area (Å²) in [5.74, 6) is 0.755. The predicted octanol–water partition coefficient (Wildman–Crippen LogP) is 3.74. The summed E-state index contributed by atoms with van der Waals surface area (Å²) in [6.45, 7) is 13.3. The van der Waals surface area contributed by atoms with Crippen LogP contribution in [0.3, 0.4) is 0 Å². The van der Waals surface area contributed by atoms with E-state index in [4.69, 9.17) is 4.74 Å². The van der Waals surface area contributed by atoms with Crippen molar-refractivity contribution in [1.29, 1.82) is 0 Å². The maximum Gasteiger partial charge on any atom is 0.0716 e. The van der Waals surface area contributed by atoms with Gasteiger partial charge in [-0.15, -0.1) is 0 Å². The maximum absolute atomic E-state index is 5.52. The first-order chi connectivity index (χ1) is 6.74. The average Bonchev–Trinajstić information content (AvgIpc) is 2.22. The van der Waals surface area contributed by atoms with Crippen molar-refractivity contribution >= 4 is 0 Å². The first-order valence-electron chi connectivity index (χ1n) is 5.26. The van der Waals surface area contributed by atoms with Crippen LogP contribution in [-0.4, -0.2) is 13.2 Å². The van der Waals surface area contributed by atoms with Gasteiger partial charge in [-0.3, -0.25) is 0 Å². The molecule has 0 rings (SSSR count). The molecule has 0 bridgehead atoms. The summed E-state index contributed by atoms with van der Waals surface area (Å²) in [4.78, 5) is 0. The molecule has 0 radical (unpaired) electrons. The lowest BCUT2D eigenvalue weighted by atomic mass is 10.1. The van der Waals surface area contributed by atoms with Crippen LogP contribution in [0.15, 0.2) is 37.0 Å². The van der Waals surface area contributed by atoms with Crippen molar-refractivity contribution in [2.75, 3.05) is 13.2 Å². The summed E-state index contributed by atoms with van der Waals surface area (Å²) in [5, 5.41) is 0. The Morgan fingerprint density at radius 1 is 1.43 bits per heavy atom. The van der Waals surface area contributed by atoms with Crippen LogP contribution in [0, 0.1) is 5.92 Å². The summed E-state index contributed by atoms with van der Waals surface area (Å²) in [5.41, 5.74) is 1.09. The first kappa shape index (κ1) is 13.2. The zero-order valence-corrected chi connectivity index (χ0v) is 9.46. The fraction of sp³-hybridized carbons (Fsp3) is 0.538. The molecule has 0 aromatic rings. The summed E-state index contributed by atoms with van der Waals surface area (Å²) >= 11 is 0. The zero-order chi connectivity index (χ0) is 10.8. The highest BCUT2D eigenvalue weighted by atomic mass is 16.5. The molecular formula is C13H22O. The van der Waals surface area contributed by atoms with Crippen molar-refractivity contribution in [1.82, 2.24) is 0 Å². The van der Waals surface area contributed by atoms with E-state index in [0.717, 1.165) is 24.5 Å². The van der Waals surface area contributed by atoms with E-state index in [9.17, 15) is 0 Å². The summed E-state index contributed by atoms with van der Waals surface area (Å²) in [6.07, 6.45) is 7.85. The predicted molar refractivity (Wildman–Crippen MR) is 63.4 cm³/mol. The van der Waals surface area contributed by atoms with Gasteiger partial charge in [-0.2, -0.15) is 0 Å². The van der Waals surface area contributed by atoms with Crippen LogP contribution in [0.2, 0.25) is 0 Å². The van der Waals surface area contributed by atoms with E-state index in [0.29, 0.717) is 6.61 Å². The van der Waals surface area contributed by atoms with Crippen LogP contribution < -0.4 is 0 Å². The lowest BCUT2D eigenvalue weighted by Gasteiger charge is -2.08. The normalized spacial score (nSPS) is 13.7. The Kier molecular flexibility index (Phi) is 8.25. The van der Waals surface area contributed by atoms with E-state index in [1.165, 1.54) is 6.42 Å². The number of rotatable bonds is 8. The van der Waals surface area contributed by atoms with Gasteiger partial charge in [0.15, 0.2) is 0 Å². The number of allylic oxidation sites excluding steroid dienone is 2. The molecule has 1 atom stereocenters. The SMILES string of the molecule is C=C/C=C(\C=C)COCCC(C)CC. The smallest absolute Gasteiger partial charge is 0.0716 e. The molecule has 0 aromatic carbocycles. The molecule has 0 saturated carbocycles. The van der Waals surface area contributed by atoms with Crippen LogP contribution in [-0.2, 0) is 4.74 Å². The van der Waals surface area contributed by atoms with Gasteiger partial charge in [0.2, 0.25) is 0 Å². The molecule has 0 aliphatic heterocycles. The third kappa shape index (κ3) is 6.67. The lowest BCUT2D eigenvalue weighted by Crippen LogP contribution is -2.03. The summed E-state index contributed by atoms with van der Waals surface area (Å²) < 4.78 is 5.52. The topological polar surface area (TPSA) is 9.23 Å². The highest BCUT2D eigenvalue weighted by molar-refractivity contribution is 5.21. The monoisotopic (exact) mass is 194 g/mol. The van der Waals surface area contributed by atoms with Crippen molar-refractivity contribution in [2.24, 2.45) is 5.92 Å². The van der Waals surface area contributed by atoms with Gasteiger partial charge in [0.25, 0.3) is 0 Å². The molecule has 80 valence electrons. The standard InChI is InChI=1S/C13H22O/c1-5-8-13(7-3)11-14-10-9-12(4)6-2/h5,7-8,12H,1,3,6,9-11H2,2,4H3/b13-8+. The van der Waals surface area contributed by atoms with E-state index in [-0.39, 0.29) is 0 Å². The van der Waals surface area contributed by atoms with Crippen molar-refractivity contribution in [3.05, 3.63) is 37.0 Å². The van der Waals surface area contributed by atoms with Crippen molar-refractivity contribution < 1.29 is 4.74 Å². The van der Waals surface area contributed by atoms with Gasteiger partial charge in [0, 0.05) is 6.61 Å². The minimum absolute atomic E-state index is 0.645. The Labute approximate surface area is 88.2 Å². The minimum atomic E-state index is 0.645. The molecule has 1 unspecified atom stereocenters. The highest BCUT2D eigenvalue weighted by Gasteiger charge is 1.98. The van der Waals surface area contributed by atoms with Crippen molar-refractivity contribution in [3.8, 4) is 0 Å². The van der Waals surface area contributed by atoms with Crippen molar-refractivity contribution in [3.63, 3.8) is 0 Å². The highest BCUT2D eigenvalue weighted by Crippen LogP contribution is 2.06. The van der Waals surface area contributed by atoms with Crippen LogP contribution >= 0.6 is 0 Å². The molecular weight excluding hydrogens is 172 g/mol. The number of hydrogen-bond acceptors (Lipinski definition) is 1. The molecule has 14 heavy (non-hydrogen) atoms. The number of hydrogen-bond donors (Lipinski definition) is 0. The Morgan fingerprint density at radius 3 is 2.64 bits per heavy atom. The molecule has 1 heteroatoms. The zero-order valence-electron chi connectivity index (χ0n) is 9.46. The Balaban J connectivity index is 3.57. The first-order valence-corrected chi connectivity index (χ1v) is 5.26. The molecule has 0 amide bonds. The van der Waals surface area contributed by atoms with Crippen LogP contribution in [0.5, 0.6) is 0 Å². The Bertz CT molecular complexity index is 191. The molecule has 0 spiro atoms. The van der Waals surface area contributed by atoms with Gasteiger partial charge in [-0.05, 0) is 17.9 Å². The molecule has 0 aromatic heterocycles. The molecule has 0 fully saturated rings. The van der Waals surface area contributed by atoms with Crippen LogP contribution in [0.4, 0.5) is 0 Å². The molecule has 1 nitrogen and oxygen atoms in total. The Hall–Kier alpha value is -0.820. The minimum Gasteiger partial charge on any atom is -0.377 e. The van der Waals surface area contributed by atoms with E-state index < -0.39 is 0 Å². The average molecular weight is 194 g/mol. The number of ether oxygens (including phenoxy) is 1. The van der Waals surface area contributed by atoms with Gasteiger partial charge in [-0.25, -0.2) is 0 Å². The van der Waals surface area contributed by atoms with Crippen LogP contribution in [0.1, 0.15) is 26.7 Å². The van der Waals surface area contributed by atoms with Gasteiger partial charge < -0.3 is 4.74 Å². The Morgan fingerprint density at radius 2 is 2.14 bits per heavy atom. The summed E-state index contributed by atoms with van der Waals surface area (Å²) in [6, 6.07) is 0. The lowest BCUT2D eigenvalue weighted by molar-refractivity contribution is 0.143. The van der Waals surface area contributed by atoms with E-state index >= 15 is 0 Å². The second kappa shape index (κ2) is 8.76. The molecule has 0 saturated heterocycles. The second-order valence-electron chi connectivity index (χ2n) is 3.54. The molecule has 0 aliphatic rings. The van der Waals surface area contributed by atoms with Gasteiger partial charge in [-0.1, -0.05) is 51.7 Å². The van der Waals surface area contributed by atoms with E-state index in [1.54, 1.807) is 6.08 Å². The van der Waals surface area contributed by atoms with Crippen LogP contribution in [0.25, 0.3) is 0 Å².